The Morgan fingerprint density at radius 3 is 2.66 bits per heavy atom. The summed E-state index contributed by atoms with van der Waals surface area (Å²) in [5.41, 5.74) is 2.39. The fourth-order valence-corrected chi connectivity index (χ4v) is 4.23. The summed E-state index contributed by atoms with van der Waals surface area (Å²) in [5.74, 6) is 2.46. The van der Waals surface area contributed by atoms with E-state index < -0.39 is 0 Å². The van der Waals surface area contributed by atoms with E-state index in [9.17, 15) is 5.11 Å². The van der Waals surface area contributed by atoms with Crippen LogP contribution >= 0.6 is 0 Å². The lowest BCUT2D eigenvalue weighted by Gasteiger charge is -2.37. The monoisotopic (exact) mass is 397 g/mol. The van der Waals surface area contributed by atoms with Crippen molar-refractivity contribution in [3.8, 4) is 0 Å². The molecule has 156 valence electrons. The smallest absolute Gasteiger partial charge is 0.225 e. The second-order valence-corrected chi connectivity index (χ2v) is 9.19. The quantitative estimate of drug-likeness (QED) is 0.813. The number of nitrogens with zero attached hydrogens (tertiary/aromatic N) is 6. The first-order valence-electron chi connectivity index (χ1n) is 10.4. The molecule has 0 aromatic carbocycles. The summed E-state index contributed by atoms with van der Waals surface area (Å²) in [6, 6.07) is 2.08. The van der Waals surface area contributed by atoms with Gasteiger partial charge in [-0.2, -0.15) is 0 Å². The maximum absolute atomic E-state index is 9.77. The molecule has 1 fully saturated rings. The van der Waals surface area contributed by atoms with E-state index in [1.807, 2.05) is 31.3 Å². The molecule has 0 amide bonds. The van der Waals surface area contributed by atoms with Gasteiger partial charge in [-0.05, 0) is 31.1 Å². The molecule has 1 saturated heterocycles. The lowest BCUT2D eigenvalue weighted by atomic mass is 9.74. The highest BCUT2D eigenvalue weighted by molar-refractivity contribution is 5.49. The van der Waals surface area contributed by atoms with Crippen molar-refractivity contribution < 1.29 is 5.11 Å². The zero-order valence-corrected chi connectivity index (χ0v) is 17.8. The van der Waals surface area contributed by atoms with E-state index in [1.165, 1.54) is 0 Å². The molecular formula is C21H31N7O. The molecule has 2 aromatic rings. The lowest BCUT2D eigenvalue weighted by molar-refractivity contribution is 0.145. The molecule has 3 heterocycles. The van der Waals surface area contributed by atoms with Gasteiger partial charge in [0.2, 0.25) is 5.95 Å². The summed E-state index contributed by atoms with van der Waals surface area (Å²) in [6.45, 7) is 6.18. The van der Waals surface area contributed by atoms with Crippen LogP contribution in [0.25, 0.3) is 0 Å². The Morgan fingerprint density at radius 1 is 1.17 bits per heavy atom. The van der Waals surface area contributed by atoms with Crippen molar-refractivity contribution in [2.24, 2.45) is 5.41 Å². The van der Waals surface area contributed by atoms with E-state index in [1.54, 1.807) is 6.33 Å². The van der Waals surface area contributed by atoms with E-state index >= 15 is 0 Å². The van der Waals surface area contributed by atoms with Crippen LogP contribution in [0.4, 0.5) is 17.6 Å². The predicted molar refractivity (Wildman–Crippen MR) is 114 cm³/mol. The molecule has 2 aromatic heterocycles. The summed E-state index contributed by atoms with van der Waals surface area (Å²) in [6.07, 6.45) is 6.84. The highest BCUT2D eigenvalue weighted by atomic mass is 16.3. The fourth-order valence-electron chi connectivity index (χ4n) is 4.23. The SMILES string of the molecule is CN(C)c1cc(N[C@@H]2CC(C)(C)Cc3nc(N4CCC(O)CC4)ncc32)ncn1. The van der Waals surface area contributed by atoms with Crippen LogP contribution < -0.4 is 15.1 Å². The molecule has 0 saturated carbocycles. The number of hydrogen-bond acceptors (Lipinski definition) is 8. The van der Waals surface area contributed by atoms with Gasteiger partial charge in [0.15, 0.2) is 0 Å². The molecule has 2 N–H and O–H groups in total. The van der Waals surface area contributed by atoms with Gasteiger partial charge in [0.25, 0.3) is 0 Å². The standard InChI is InChI=1S/C21H31N7O/c1-21(2)10-16(25-18-9-19(27(3)4)24-13-23-18)15-12-22-20(26-17(15)11-21)28-7-5-14(29)6-8-28/h9,12-14,16,29H,5-8,10-11H2,1-4H3,(H,23,24,25)/t16-/m1/s1. The van der Waals surface area contributed by atoms with E-state index in [2.05, 4.69) is 39.0 Å². The minimum Gasteiger partial charge on any atom is -0.393 e. The van der Waals surface area contributed by atoms with Crippen molar-refractivity contribution in [2.45, 2.75) is 51.7 Å². The molecule has 1 atom stereocenters. The van der Waals surface area contributed by atoms with Gasteiger partial charge in [0.1, 0.15) is 18.0 Å². The Kier molecular flexibility index (Phi) is 5.29. The first-order chi connectivity index (χ1) is 13.8. The Labute approximate surface area is 172 Å². The third-order valence-electron chi connectivity index (χ3n) is 5.85. The molecule has 8 heteroatoms. The van der Waals surface area contributed by atoms with Gasteiger partial charge in [-0.1, -0.05) is 13.8 Å². The number of nitrogens with one attached hydrogen (secondary N) is 1. The topological polar surface area (TPSA) is 90.3 Å². The van der Waals surface area contributed by atoms with Gasteiger partial charge in [-0.25, -0.2) is 19.9 Å². The Hall–Kier alpha value is -2.48. The zero-order valence-electron chi connectivity index (χ0n) is 17.8. The first-order valence-corrected chi connectivity index (χ1v) is 10.4. The van der Waals surface area contributed by atoms with Gasteiger partial charge in [-0.3, -0.25) is 0 Å². The number of piperidine rings is 1. The normalized spacial score (nSPS) is 21.6. The predicted octanol–water partition coefficient (Wildman–Crippen LogP) is 2.42. The van der Waals surface area contributed by atoms with E-state index in [4.69, 9.17) is 4.98 Å². The minimum absolute atomic E-state index is 0.107. The van der Waals surface area contributed by atoms with E-state index in [0.717, 1.165) is 67.6 Å². The third-order valence-corrected chi connectivity index (χ3v) is 5.85. The van der Waals surface area contributed by atoms with Crippen molar-refractivity contribution in [2.75, 3.05) is 42.3 Å². The van der Waals surface area contributed by atoms with Crippen LogP contribution in [0.3, 0.4) is 0 Å². The molecule has 8 nitrogen and oxygen atoms in total. The molecule has 0 bridgehead atoms. The number of aliphatic hydroxyl groups is 1. The summed E-state index contributed by atoms with van der Waals surface area (Å²) in [4.78, 5) is 22.5. The van der Waals surface area contributed by atoms with Gasteiger partial charge >= 0.3 is 0 Å². The Bertz CT molecular complexity index is 862. The Balaban J connectivity index is 1.60. The first kappa shape index (κ1) is 19.8. The number of fused-ring (bicyclic) bond motifs is 1. The summed E-state index contributed by atoms with van der Waals surface area (Å²) in [5, 5.41) is 13.4. The van der Waals surface area contributed by atoms with Crippen LogP contribution in [0, 0.1) is 5.41 Å². The molecule has 29 heavy (non-hydrogen) atoms. The van der Waals surface area contributed by atoms with Crippen molar-refractivity contribution in [1.29, 1.82) is 0 Å². The van der Waals surface area contributed by atoms with Crippen LogP contribution in [0.5, 0.6) is 0 Å². The van der Waals surface area contributed by atoms with Gasteiger partial charge < -0.3 is 20.2 Å². The number of rotatable bonds is 4. The molecule has 0 radical (unpaired) electrons. The Morgan fingerprint density at radius 2 is 1.93 bits per heavy atom. The zero-order chi connectivity index (χ0) is 20.6. The lowest BCUT2D eigenvalue weighted by Crippen LogP contribution is -2.38. The molecule has 0 unspecified atom stereocenters. The maximum atomic E-state index is 9.77. The fraction of sp³-hybridized carbons (Fsp3) is 0.619. The molecule has 4 rings (SSSR count). The number of aromatic nitrogens is 4. The largest absolute Gasteiger partial charge is 0.393 e. The highest BCUT2D eigenvalue weighted by Gasteiger charge is 2.34. The third kappa shape index (κ3) is 4.42. The van der Waals surface area contributed by atoms with Crippen molar-refractivity contribution in [1.82, 2.24) is 19.9 Å². The van der Waals surface area contributed by atoms with Crippen LogP contribution in [0.15, 0.2) is 18.6 Å². The second-order valence-electron chi connectivity index (χ2n) is 9.19. The van der Waals surface area contributed by atoms with Crippen LogP contribution in [0.1, 0.15) is 50.4 Å². The second kappa shape index (κ2) is 7.74. The van der Waals surface area contributed by atoms with E-state index in [0.29, 0.717) is 0 Å². The molecule has 0 spiro atoms. The van der Waals surface area contributed by atoms with Crippen LogP contribution in [0.2, 0.25) is 0 Å². The maximum Gasteiger partial charge on any atom is 0.225 e. The molecule has 1 aliphatic carbocycles. The summed E-state index contributed by atoms with van der Waals surface area (Å²) < 4.78 is 0. The van der Waals surface area contributed by atoms with E-state index in [-0.39, 0.29) is 17.6 Å². The van der Waals surface area contributed by atoms with Crippen molar-refractivity contribution in [3.05, 3.63) is 29.8 Å². The average Bonchev–Trinajstić information content (AvgIpc) is 2.67. The summed E-state index contributed by atoms with van der Waals surface area (Å²) in [7, 11) is 3.94. The number of anilines is 3. The molecule has 2 aliphatic rings. The molecular weight excluding hydrogens is 366 g/mol. The van der Waals surface area contributed by atoms with Crippen molar-refractivity contribution >= 4 is 17.6 Å². The number of hydrogen-bond donors (Lipinski definition) is 2. The highest BCUT2D eigenvalue weighted by Crippen LogP contribution is 2.41. The van der Waals surface area contributed by atoms with Crippen LogP contribution in [-0.2, 0) is 6.42 Å². The van der Waals surface area contributed by atoms with Gasteiger partial charge in [0.05, 0.1) is 17.8 Å². The average molecular weight is 398 g/mol. The molecule has 1 aliphatic heterocycles. The van der Waals surface area contributed by atoms with Crippen LogP contribution in [-0.4, -0.2) is 58.3 Å². The number of aliphatic hydroxyl groups excluding tert-OH is 1. The minimum atomic E-state index is -0.198. The van der Waals surface area contributed by atoms with Gasteiger partial charge in [0, 0.05) is 45.0 Å². The van der Waals surface area contributed by atoms with Crippen molar-refractivity contribution in [3.63, 3.8) is 0 Å². The van der Waals surface area contributed by atoms with Gasteiger partial charge in [-0.15, -0.1) is 0 Å². The summed E-state index contributed by atoms with van der Waals surface area (Å²) >= 11 is 0.